The molecule has 152 valence electrons. The summed E-state index contributed by atoms with van der Waals surface area (Å²) in [6.07, 6.45) is 3.06. The van der Waals surface area contributed by atoms with Crippen molar-refractivity contribution in [3.63, 3.8) is 0 Å². The molecule has 8 nitrogen and oxygen atoms in total. The zero-order valence-electron chi connectivity index (χ0n) is 16.5. The van der Waals surface area contributed by atoms with Crippen LogP contribution in [0.15, 0.2) is 53.8 Å². The summed E-state index contributed by atoms with van der Waals surface area (Å²) in [5.74, 6) is -0.0467. The number of aryl methyl sites for hydroxylation is 1. The molecule has 2 heterocycles. The molecule has 0 saturated carbocycles. The number of pyridine rings is 1. The molecular weight excluding hydrogens is 390 g/mol. The zero-order chi connectivity index (χ0) is 21.0. The van der Waals surface area contributed by atoms with Crippen LogP contribution in [0.5, 0.6) is 0 Å². The molecule has 0 aliphatic rings. The number of sulfone groups is 1. The normalized spacial score (nSPS) is 12.2. The van der Waals surface area contributed by atoms with E-state index < -0.39 is 9.84 Å². The third-order valence-electron chi connectivity index (χ3n) is 4.09. The van der Waals surface area contributed by atoms with Crippen molar-refractivity contribution in [3.05, 3.63) is 65.5 Å². The minimum Gasteiger partial charge on any atom is -0.394 e. The Morgan fingerprint density at radius 1 is 1.17 bits per heavy atom. The summed E-state index contributed by atoms with van der Waals surface area (Å²) in [5, 5.41) is 8.47. The van der Waals surface area contributed by atoms with Gasteiger partial charge in [-0.3, -0.25) is 0 Å². The lowest BCUT2D eigenvalue weighted by Crippen LogP contribution is -2.17. The molecule has 1 aromatic carbocycles. The van der Waals surface area contributed by atoms with Gasteiger partial charge >= 0.3 is 0 Å². The fourth-order valence-electron chi connectivity index (χ4n) is 2.82. The summed E-state index contributed by atoms with van der Waals surface area (Å²) < 4.78 is 25.6. The summed E-state index contributed by atoms with van der Waals surface area (Å²) in [5.41, 5.74) is 9.67. The molecule has 0 amide bonds. The number of oxime groups is 1. The van der Waals surface area contributed by atoms with Gasteiger partial charge in [-0.2, -0.15) is 5.10 Å². The van der Waals surface area contributed by atoms with Crippen molar-refractivity contribution in [2.24, 2.45) is 10.9 Å². The highest BCUT2D eigenvalue weighted by Crippen LogP contribution is 2.26. The SMILES string of the molecule is CCO/N=C(\N)c1ccc(CS(C)(=O)=O)c(-c2nn(-c3ccccc3)cc2C)n1. The topological polar surface area (TPSA) is 112 Å². The molecule has 0 radical (unpaired) electrons. The van der Waals surface area contributed by atoms with E-state index in [-0.39, 0.29) is 11.6 Å². The first-order valence-corrected chi connectivity index (χ1v) is 11.1. The Kier molecular flexibility index (Phi) is 5.97. The highest BCUT2D eigenvalue weighted by molar-refractivity contribution is 7.89. The van der Waals surface area contributed by atoms with Crippen LogP contribution in [0, 0.1) is 6.92 Å². The van der Waals surface area contributed by atoms with Crippen LogP contribution in [0.2, 0.25) is 0 Å². The molecule has 9 heteroatoms. The van der Waals surface area contributed by atoms with Crippen LogP contribution < -0.4 is 5.73 Å². The molecule has 0 unspecified atom stereocenters. The van der Waals surface area contributed by atoms with E-state index in [0.29, 0.717) is 29.3 Å². The van der Waals surface area contributed by atoms with Gasteiger partial charge in [-0.15, -0.1) is 0 Å². The van der Waals surface area contributed by atoms with Gasteiger partial charge in [0.15, 0.2) is 15.7 Å². The van der Waals surface area contributed by atoms with Gasteiger partial charge in [-0.1, -0.05) is 29.4 Å². The number of amidine groups is 1. The molecule has 0 spiro atoms. The summed E-state index contributed by atoms with van der Waals surface area (Å²) >= 11 is 0. The number of para-hydroxylation sites is 1. The second kappa shape index (κ2) is 8.44. The number of hydrogen-bond donors (Lipinski definition) is 1. The van der Waals surface area contributed by atoms with Crippen LogP contribution in [-0.2, 0) is 20.4 Å². The van der Waals surface area contributed by atoms with Crippen molar-refractivity contribution in [1.29, 1.82) is 0 Å². The van der Waals surface area contributed by atoms with Crippen molar-refractivity contribution in [2.45, 2.75) is 19.6 Å². The maximum Gasteiger partial charge on any atom is 0.188 e. The van der Waals surface area contributed by atoms with Crippen LogP contribution in [0.3, 0.4) is 0 Å². The summed E-state index contributed by atoms with van der Waals surface area (Å²) in [6.45, 7) is 4.07. The van der Waals surface area contributed by atoms with Crippen LogP contribution in [0.25, 0.3) is 17.1 Å². The van der Waals surface area contributed by atoms with Crippen LogP contribution in [0.4, 0.5) is 0 Å². The van der Waals surface area contributed by atoms with Crippen molar-refractivity contribution in [3.8, 4) is 17.1 Å². The second-order valence-electron chi connectivity index (χ2n) is 6.61. The lowest BCUT2D eigenvalue weighted by Gasteiger charge is -2.09. The lowest BCUT2D eigenvalue weighted by atomic mass is 10.1. The van der Waals surface area contributed by atoms with Gasteiger partial charge in [0, 0.05) is 12.5 Å². The highest BCUT2D eigenvalue weighted by atomic mass is 32.2. The van der Waals surface area contributed by atoms with Gasteiger partial charge in [0.2, 0.25) is 0 Å². The van der Waals surface area contributed by atoms with E-state index in [1.807, 2.05) is 43.5 Å². The zero-order valence-corrected chi connectivity index (χ0v) is 17.3. The van der Waals surface area contributed by atoms with E-state index in [0.717, 1.165) is 11.3 Å². The standard InChI is InChI=1S/C20H23N5O3S/c1-4-28-24-20(21)17-11-10-15(13-29(3,26)27)19(22-17)18-14(2)12-25(23-18)16-8-6-5-7-9-16/h5-12H,4,13H2,1-3H3,(H2,21,24). The third-order valence-corrected chi connectivity index (χ3v) is 4.93. The minimum atomic E-state index is -3.27. The number of benzene rings is 1. The Morgan fingerprint density at radius 3 is 2.55 bits per heavy atom. The van der Waals surface area contributed by atoms with E-state index in [4.69, 9.17) is 10.6 Å². The number of nitrogens with two attached hydrogens (primary N) is 1. The fourth-order valence-corrected chi connectivity index (χ4v) is 3.62. The molecule has 3 rings (SSSR count). The number of hydrogen-bond acceptors (Lipinski definition) is 6. The molecule has 0 saturated heterocycles. The van der Waals surface area contributed by atoms with Crippen molar-refractivity contribution < 1.29 is 13.3 Å². The maximum atomic E-state index is 11.9. The summed E-state index contributed by atoms with van der Waals surface area (Å²) in [6, 6.07) is 13.0. The first kappa shape index (κ1) is 20.5. The molecule has 2 aromatic heterocycles. The molecule has 0 fully saturated rings. The molecule has 3 aromatic rings. The maximum absolute atomic E-state index is 11.9. The van der Waals surface area contributed by atoms with E-state index in [2.05, 4.69) is 15.2 Å². The van der Waals surface area contributed by atoms with E-state index in [9.17, 15) is 8.42 Å². The number of aromatic nitrogens is 3. The Hall–Kier alpha value is -3.20. The van der Waals surface area contributed by atoms with Gasteiger partial charge in [-0.25, -0.2) is 18.1 Å². The molecule has 2 N–H and O–H groups in total. The average Bonchev–Trinajstić information content (AvgIpc) is 3.07. The van der Waals surface area contributed by atoms with E-state index in [1.165, 1.54) is 6.26 Å². The molecule has 0 bridgehead atoms. The smallest absolute Gasteiger partial charge is 0.188 e. The quantitative estimate of drug-likeness (QED) is 0.362. The predicted molar refractivity (Wildman–Crippen MR) is 112 cm³/mol. The predicted octanol–water partition coefficient (Wildman–Crippen LogP) is 2.44. The van der Waals surface area contributed by atoms with E-state index >= 15 is 0 Å². The van der Waals surface area contributed by atoms with Crippen molar-refractivity contribution in [1.82, 2.24) is 14.8 Å². The van der Waals surface area contributed by atoms with Gasteiger partial charge < -0.3 is 10.6 Å². The molecule has 0 atom stereocenters. The molecular formula is C20H23N5O3S. The Bertz CT molecular complexity index is 1140. The van der Waals surface area contributed by atoms with Gasteiger partial charge in [0.1, 0.15) is 18.0 Å². The number of rotatable bonds is 7. The van der Waals surface area contributed by atoms with Crippen molar-refractivity contribution in [2.75, 3.05) is 12.9 Å². The fraction of sp³-hybridized carbons (Fsp3) is 0.250. The first-order chi connectivity index (χ1) is 13.8. The second-order valence-corrected chi connectivity index (χ2v) is 8.75. The summed E-state index contributed by atoms with van der Waals surface area (Å²) in [4.78, 5) is 9.57. The summed E-state index contributed by atoms with van der Waals surface area (Å²) in [7, 11) is -3.27. The van der Waals surface area contributed by atoms with E-state index in [1.54, 1.807) is 23.7 Å². The molecule has 29 heavy (non-hydrogen) atoms. The van der Waals surface area contributed by atoms with Gasteiger partial charge in [0.25, 0.3) is 0 Å². The van der Waals surface area contributed by atoms with Crippen LogP contribution >= 0.6 is 0 Å². The average molecular weight is 414 g/mol. The minimum absolute atomic E-state index is 0.110. The third kappa shape index (κ3) is 5.00. The van der Waals surface area contributed by atoms with Crippen molar-refractivity contribution >= 4 is 15.7 Å². The lowest BCUT2D eigenvalue weighted by molar-refractivity contribution is 0.158. The first-order valence-electron chi connectivity index (χ1n) is 9.04. The Labute approximate surface area is 169 Å². The monoisotopic (exact) mass is 413 g/mol. The molecule has 0 aliphatic heterocycles. The van der Waals surface area contributed by atoms with Gasteiger partial charge in [-0.05, 0) is 43.2 Å². The Morgan fingerprint density at radius 2 is 1.90 bits per heavy atom. The van der Waals surface area contributed by atoms with Crippen LogP contribution in [-0.4, -0.2) is 41.9 Å². The Balaban J connectivity index is 2.14. The highest BCUT2D eigenvalue weighted by Gasteiger charge is 2.19. The largest absolute Gasteiger partial charge is 0.394 e. The number of nitrogens with zero attached hydrogens (tertiary/aromatic N) is 4. The molecule has 0 aliphatic carbocycles. The van der Waals surface area contributed by atoms with Crippen LogP contribution in [0.1, 0.15) is 23.7 Å². The van der Waals surface area contributed by atoms with Gasteiger partial charge in [0.05, 0.1) is 17.1 Å².